The molecule has 1 amide bonds. The van der Waals surface area contributed by atoms with Gasteiger partial charge in [0.05, 0.1) is 0 Å². The summed E-state index contributed by atoms with van der Waals surface area (Å²) in [6.45, 7) is 6.14. The van der Waals surface area contributed by atoms with E-state index < -0.39 is 5.91 Å². The first-order chi connectivity index (χ1) is 16.5. The molecular formula is C28H31N5O. The average Bonchev–Trinajstić information content (AvgIpc) is 3.28. The standard InChI is InChI=1S/C28H31N5O/c1-17-18(2)24(27(29)34)9-8-23(17)26-16-32-28-25(26)14-20(15-31-28)19-4-6-22(7-5-19)33-12-10-21(30-3)11-13-33/h4-9,14-16,21,30H,10-13H2,1-3H3,(H2,29,34)(H,31,32). The van der Waals surface area contributed by atoms with Crippen molar-refractivity contribution in [2.45, 2.75) is 32.7 Å². The number of benzene rings is 2. The van der Waals surface area contributed by atoms with Crippen molar-refractivity contribution in [3.05, 3.63) is 71.5 Å². The summed E-state index contributed by atoms with van der Waals surface area (Å²) in [5.41, 5.74) is 14.6. The first kappa shape index (κ1) is 22.2. The highest BCUT2D eigenvalue weighted by atomic mass is 16.1. The van der Waals surface area contributed by atoms with Crippen molar-refractivity contribution in [1.82, 2.24) is 15.3 Å². The van der Waals surface area contributed by atoms with Gasteiger partial charge in [0.15, 0.2) is 0 Å². The van der Waals surface area contributed by atoms with Crippen LogP contribution < -0.4 is 16.0 Å². The molecule has 0 unspecified atom stereocenters. The summed E-state index contributed by atoms with van der Waals surface area (Å²) >= 11 is 0. The minimum absolute atomic E-state index is 0.398. The molecule has 3 heterocycles. The minimum atomic E-state index is -0.398. The number of aromatic nitrogens is 2. The van der Waals surface area contributed by atoms with E-state index in [2.05, 4.69) is 57.6 Å². The molecule has 0 atom stereocenters. The van der Waals surface area contributed by atoms with Gasteiger partial charge in [-0.3, -0.25) is 4.79 Å². The van der Waals surface area contributed by atoms with E-state index in [1.807, 2.05) is 38.4 Å². The minimum Gasteiger partial charge on any atom is -0.371 e. The van der Waals surface area contributed by atoms with Gasteiger partial charge in [0.25, 0.3) is 0 Å². The van der Waals surface area contributed by atoms with E-state index in [9.17, 15) is 4.79 Å². The molecule has 2 aromatic heterocycles. The number of nitrogens with one attached hydrogen (secondary N) is 2. The molecule has 0 aliphatic carbocycles. The molecule has 1 aliphatic rings. The largest absolute Gasteiger partial charge is 0.371 e. The number of rotatable bonds is 5. The number of amides is 1. The average molecular weight is 454 g/mol. The SMILES string of the molecule is CNC1CCN(c2ccc(-c3cnc4[nH]cc(-c5ccc(C(N)=O)c(C)c5C)c4c3)cc2)CC1. The Morgan fingerprint density at radius 3 is 2.44 bits per heavy atom. The van der Waals surface area contributed by atoms with Crippen LogP contribution in [0.25, 0.3) is 33.3 Å². The van der Waals surface area contributed by atoms with Crippen LogP contribution in [0.2, 0.25) is 0 Å². The maximum atomic E-state index is 11.7. The number of carbonyl (C=O) groups excluding carboxylic acids is 1. The van der Waals surface area contributed by atoms with E-state index in [1.54, 1.807) is 0 Å². The summed E-state index contributed by atoms with van der Waals surface area (Å²) in [4.78, 5) is 22.2. The summed E-state index contributed by atoms with van der Waals surface area (Å²) in [7, 11) is 2.05. The van der Waals surface area contributed by atoms with Gasteiger partial charge in [-0.15, -0.1) is 0 Å². The fourth-order valence-electron chi connectivity index (χ4n) is 5.05. The first-order valence-electron chi connectivity index (χ1n) is 11.9. The molecule has 1 saturated heterocycles. The Bertz CT molecular complexity index is 1350. The summed E-state index contributed by atoms with van der Waals surface area (Å²) < 4.78 is 0. The molecule has 5 rings (SSSR count). The van der Waals surface area contributed by atoms with Crippen LogP contribution in [-0.4, -0.2) is 42.1 Å². The Kier molecular flexibility index (Phi) is 5.84. The van der Waals surface area contributed by atoms with Gasteiger partial charge in [-0.05, 0) is 80.3 Å². The molecule has 1 fully saturated rings. The van der Waals surface area contributed by atoms with Crippen molar-refractivity contribution in [3.8, 4) is 22.3 Å². The van der Waals surface area contributed by atoms with Crippen molar-refractivity contribution in [1.29, 1.82) is 0 Å². The number of nitrogens with zero attached hydrogens (tertiary/aromatic N) is 2. The number of hydrogen-bond donors (Lipinski definition) is 3. The molecule has 0 saturated carbocycles. The Labute approximate surface area is 200 Å². The van der Waals surface area contributed by atoms with Crippen molar-refractivity contribution in [2.24, 2.45) is 5.73 Å². The molecule has 174 valence electrons. The van der Waals surface area contributed by atoms with Crippen LogP contribution in [0.5, 0.6) is 0 Å². The van der Waals surface area contributed by atoms with E-state index in [0.717, 1.165) is 57.5 Å². The van der Waals surface area contributed by atoms with Crippen molar-refractivity contribution in [2.75, 3.05) is 25.0 Å². The normalized spacial score (nSPS) is 14.6. The number of H-pyrrole nitrogens is 1. The van der Waals surface area contributed by atoms with Gasteiger partial charge in [0, 0.05) is 59.3 Å². The third-order valence-corrected chi connectivity index (χ3v) is 7.34. The van der Waals surface area contributed by atoms with Crippen LogP contribution in [0.4, 0.5) is 5.69 Å². The molecular weight excluding hydrogens is 422 g/mol. The maximum absolute atomic E-state index is 11.7. The molecule has 4 N–H and O–H groups in total. The first-order valence-corrected chi connectivity index (χ1v) is 11.9. The second-order valence-electron chi connectivity index (χ2n) is 9.19. The number of fused-ring (bicyclic) bond motifs is 1. The van der Waals surface area contributed by atoms with Gasteiger partial charge >= 0.3 is 0 Å². The molecule has 6 nitrogen and oxygen atoms in total. The molecule has 0 bridgehead atoms. The highest BCUT2D eigenvalue weighted by molar-refractivity contribution is 5.99. The summed E-state index contributed by atoms with van der Waals surface area (Å²) in [6, 6.07) is 15.4. The van der Waals surface area contributed by atoms with Crippen LogP contribution in [-0.2, 0) is 0 Å². The zero-order chi connectivity index (χ0) is 23.8. The van der Waals surface area contributed by atoms with Crippen LogP contribution >= 0.6 is 0 Å². The smallest absolute Gasteiger partial charge is 0.248 e. The van der Waals surface area contributed by atoms with E-state index >= 15 is 0 Å². The highest BCUT2D eigenvalue weighted by Crippen LogP contribution is 2.35. The predicted molar refractivity (Wildman–Crippen MR) is 139 cm³/mol. The Morgan fingerprint density at radius 2 is 1.76 bits per heavy atom. The van der Waals surface area contributed by atoms with Crippen LogP contribution in [0.15, 0.2) is 54.9 Å². The van der Waals surface area contributed by atoms with Crippen LogP contribution in [0.3, 0.4) is 0 Å². The number of primary amides is 1. The predicted octanol–water partition coefficient (Wildman–Crippen LogP) is 4.80. The monoisotopic (exact) mass is 453 g/mol. The van der Waals surface area contributed by atoms with Gasteiger partial charge < -0.3 is 20.9 Å². The van der Waals surface area contributed by atoms with Crippen molar-refractivity contribution < 1.29 is 4.79 Å². The van der Waals surface area contributed by atoms with Gasteiger partial charge in [-0.25, -0.2) is 4.98 Å². The lowest BCUT2D eigenvalue weighted by atomic mass is 9.93. The zero-order valence-electron chi connectivity index (χ0n) is 20.0. The lowest BCUT2D eigenvalue weighted by molar-refractivity contribution is 0.0999. The molecule has 34 heavy (non-hydrogen) atoms. The van der Waals surface area contributed by atoms with E-state index in [4.69, 9.17) is 5.73 Å². The molecule has 0 radical (unpaired) electrons. The molecule has 1 aliphatic heterocycles. The van der Waals surface area contributed by atoms with Crippen LogP contribution in [0.1, 0.15) is 34.3 Å². The topological polar surface area (TPSA) is 87.0 Å². The molecule has 6 heteroatoms. The van der Waals surface area contributed by atoms with E-state index in [1.165, 1.54) is 18.5 Å². The maximum Gasteiger partial charge on any atom is 0.248 e. The Balaban J connectivity index is 1.46. The number of piperidine rings is 1. The summed E-state index contributed by atoms with van der Waals surface area (Å²) in [5, 5.41) is 4.45. The second kappa shape index (κ2) is 8.95. The van der Waals surface area contributed by atoms with Gasteiger partial charge in [-0.2, -0.15) is 0 Å². The zero-order valence-corrected chi connectivity index (χ0v) is 20.0. The molecule has 4 aromatic rings. The van der Waals surface area contributed by atoms with E-state index in [0.29, 0.717) is 11.6 Å². The fourth-order valence-corrected chi connectivity index (χ4v) is 5.05. The number of pyridine rings is 1. The van der Waals surface area contributed by atoms with Crippen LogP contribution in [0, 0.1) is 13.8 Å². The second-order valence-corrected chi connectivity index (χ2v) is 9.19. The lowest BCUT2D eigenvalue weighted by Gasteiger charge is -2.33. The number of nitrogens with two attached hydrogens (primary N) is 1. The van der Waals surface area contributed by atoms with Gasteiger partial charge in [-0.1, -0.05) is 18.2 Å². The Morgan fingerprint density at radius 1 is 1.03 bits per heavy atom. The van der Waals surface area contributed by atoms with Crippen molar-refractivity contribution in [3.63, 3.8) is 0 Å². The lowest BCUT2D eigenvalue weighted by Crippen LogP contribution is -2.41. The number of hydrogen-bond acceptors (Lipinski definition) is 4. The van der Waals surface area contributed by atoms with Gasteiger partial charge in [0.2, 0.25) is 5.91 Å². The third kappa shape index (κ3) is 3.94. The molecule has 0 spiro atoms. The number of anilines is 1. The third-order valence-electron chi connectivity index (χ3n) is 7.34. The summed E-state index contributed by atoms with van der Waals surface area (Å²) in [6.07, 6.45) is 6.26. The molecule has 2 aromatic carbocycles. The number of carbonyl (C=O) groups is 1. The van der Waals surface area contributed by atoms with Gasteiger partial charge in [0.1, 0.15) is 5.65 Å². The quantitative estimate of drug-likeness (QED) is 0.405. The highest BCUT2D eigenvalue weighted by Gasteiger charge is 2.18. The van der Waals surface area contributed by atoms with Crippen molar-refractivity contribution >= 4 is 22.6 Å². The number of aromatic amines is 1. The summed E-state index contributed by atoms with van der Waals surface area (Å²) in [5.74, 6) is -0.398. The fraction of sp³-hybridized carbons (Fsp3) is 0.286. The van der Waals surface area contributed by atoms with E-state index in [-0.39, 0.29) is 0 Å². The Hall–Kier alpha value is -3.64.